The number of H-pyrrole nitrogens is 2. The fourth-order valence-electron chi connectivity index (χ4n) is 1.13. The molecule has 7 nitrogen and oxygen atoms in total. The zero-order valence-electron chi connectivity index (χ0n) is 9.04. The van der Waals surface area contributed by atoms with E-state index in [-0.39, 0.29) is 11.6 Å². The van der Waals surface area contributed by atoms with Crippen LogP contribution in [0.2, 0.25) is 0 Å². The molecule has 0 radical (unpaired) electrons. The third kappa shape index (κ3) is 4.28. The monoisotopic (exact) mass is 228 g/mol. The molecular formula is C9H16N4O3. The first kappa shape index (κ1) is 12.5. The smallest absolute Gasteiger partial charge is 0.323 e. The molecule has 0 aliphatic rings. The fraction of sp³-hybridized carbons (Fsp3) is 0.556. The van der Waals surface area contributed by atoms with Crippen LogP contribution in [0, 0.1) is 0 Å². The Bertz CT molecular complexity index is 382. The van der Waals surface area contributed by atoms with Crippen LogP contribution in [-0.2, 0) is 0 Å². The number of aliphatic hydroxyl groups is 1. The molecule has 0 aliphatic carbocycles. The average molecular weight is 228 g/mol. The molecule has 7 heteroatoms. The molecule has 0 aromatic carbocycles. The molecule has 1 aromatic heterocycles. The van der Waals surface area contributed by atoms with E-state index in [2.05, 4.69) is 20.6 Å². The maximum absolute atomic E-state index is 11.4. The molecule has 0 bridgehead atoms. The Morgan fingerprint density at radius 2 is 2.31 bits per heavy atom. The van der Waals surface area contributed by atoms with Gasteiger partial charge in [-0.25, -0.2) is 4.79 Å². The van der Waals surface area contributed by atoms with Gasteiger partial charge in [-0.05, 0) is 6.92 Å². The summed E-state index contributed by atoms with van der Waals surface area (Å²) in [4.78, 5) is 26.8. The Morgan fingerprint density at radius 3 is 2.88 bits per heavy atom. The number of rotatable bonds is 6. The zero-order chi connectivity index (χ0) is 12.0. The molecule has 16 heavy (non-hydrogen) atoms. The van der Waals surface area contributed by atoms with Crippen molar-refractivity contribution >= 4 is 5.91 Å². The number of aromatic amines is 2. The van der Waals surface area contributed by atoms with Crippen LogP contribution in [0.15, 0.2) is 11.0 Å². The molecular weight excluding hydrogens is 212 g/mol. The normalized spacial score (nSPS) is 12.4. The van der Waals surface area contributed by atoms with Crippen LogP contribution in [0.4, 0.5) is 0 Å². The van der Waals surface area contributed by atoms with Gasteiger partial charge < -0.3 is 25.7 Å². The van der Waals surface area contributed by atoms with Crippen molar-refractivity contribution in [1.29, 1.82) is 0 Å². The minimum atomic E-state index is -0.406. The van der Waals surface area contributed by atoms with Gasteiger partial charge in [0.25, 0.3) is 5.91 Å². The average Bonchev–Trinajstić information content (AvgIpc) is 2.63. The van der Waals surface area contributed by atoms with E-state index in [4.69, 9.17) is 5.11 Å². The predicted octanol–water partition coefficient (Wildman–Crippen LogP) is -1.60. The van der Waals surface area contributed by atoms with E-state index in [9.17, 15) is 9.59 Å². The highest BCUT2D eigenvalue weighted by atomic mass is 16.3. The second-order valence-corrected chi connectivity index (χ2v) is 3.47. The van der Waals surface area contributed by atoms with Gasteiger partial charge in [0.2, 0.25) is 0 Å². The molecule has 0 saturated heterocycles. The van der Waals surface area contributed by atoms with E-state index < -0.39 is 11.8 Å². The number of hydrogen-bond donors (Lipinski definition) is 5. The zero-order valence-corrected chi connectivity index (χ0v) is 9.04. The summed E-state index contributed by atoms with van der Waals surface area (Å²) in [6, 6.07) is 0. The van der Waals surface area contributed by atoms with Crippen molar-refractivity contribution in [2.24, 2.45) is 0 Å². The maximum Gasteiger partial charge on any atom is 0.323 e. The van der Waals surface area contributed by atoms with Crippen molar-refractivity contribution < 1.29 is 9.90 Å². The number of carbonyl (C=O) groups excluding carboxylic acids is 1. The highest BCUT2D eigenvalue weighted by Gasteiger charge is 2.06. The van der Waals surface area contributed by atoms with Crippen LogP contribution in [0.5, 0.6) is 0 Å². The van der Waals surface area contributed by atoms with Gasteiger partial charge in [0, 0.05) is 25.8 Å². The fourth-order valence-corrected chi connectivity index (χ4v) is 1.13. The van der Waals surface area contributed by atoms with Gasteiger partial charge in [-0.15, -0.1) is 0 Å². The van der Waals surface area contributed by atoms with Crippen molar-refractivity contribution in [3.8, 4) is 0 Å². The summed E-state index contributed by atoms with van der Waals surface area (Å²) < 4.78 is 0. The lowest BCUT2D eigenvalue weighted by atomic mass is 10.4. The third-order valence-corrected chi connectivity index (χ3v) is 1.87. The van der Waals surface area contributed by atoms with Crippen LogP contribution >= 0.6 is 0 Å². The molecule has 1 atom stereocenters. The first-order chi connectivity index (χ1) is 7.59. The lowest BCUT2D eigenvalue weighted by Gasteiger charge is -2.07. The Labute approximate surface area is 92.3 Å². The molecule has 1 heterocycles. The molecule has 0 aliphatic heterocycles. The molecule has 0 saturated carbocycles. The Morgan fingerprint density at radius 1 is 1.56 bits per heavy atom. The Kier molecular flexibility index (Phi) is 4.74. The van der Waals surface area contributed by atoms with Gasteiger partial charge >= 0.3 is 5.69 Å². The number of amides is 1. The van der Waals surface area contributed by atoms with Crippen molar-refractivity contribution in [2.75, 3.05) is 19.6 Å². The van der Waals surface area contributed by atoms with Crippen molar-refractivity contribution in [2.45, 2.75) is 13.0 Å². The highest BCUT2D eigenvalue weighted by Crippen LogP contribution is 1.85. The SMILES string of the molecule is CC(O)CNCCNC(=O)c1c[nH]c(=O)[nH]1. The van der Waals surface area contributed by atoms with Crippen LogP contribution in [0.3, 0.4) is 0 Å². The molecule has 1 aromatic rings. The van der Waals surface area contributed by atoms with Crippen LogP contribution in [-0.4, -0.2) is 46.7 Å². The minimum Gasteiger partial charge on any atom is -0.392 e. The number of hydrogen-bond acceptors (Lipinski definition) is 4. The van der Waals surface area contributed by atoms with E-state index >= 15 is 0 Å². The first-order valence-electron chi connectivity index (χ1n) is 5.04. The topological polar surface area (TPSA) is 110 Å². The molecule has 1 unspecified atom stereocenters. The van der Waals surface area contributed by atoms with Gasteiger partial charge in [-0.3, -0.25) is 4.79 Å². The number of imidazole rings is 1. The quantitative estimate of drug-likeness (QED) is 0.378. The van der Waals surface area contributed by atoms with Crippen LogP contribution in [0.1, 0.15) is 17.4 Å². The maximum atomic E-state index is 11.4. The molecule has 0 spiro atoms. The molecule has 1 rings (SSSR count). The Balaban J connectivity index is 2.18. The summed E-state index contributed by atoms with van der Waals surface area (Å²) in [5.41, 5.74) is -0.196. The number of aromatic nitrogens is 2. The summed E-state index contributed by atoms with van der Waals surface area (Å²) in [5.74, 6) is -0.336. The van der Waals surface area contributed by atoms with Gasteiger partial charge in [0.1, 0.15) is 5.69 Å². The molecule has 0 fully saturated rings. The van der Waals surface area contributed by atoms with Gasteiger partial charge in [-0.1, -0.05) is 0 Å². The van der Waals surface area contributed by atoms with Crippen LogP contribution in [0.25, 0.3) is 0 Å². The van der Waals surface area contributed by atoms with E-state index in [1.165, 1.54) is 6.20 Å². The summed E-state index contributed by atoms with van der Waals surface area (Å²) in [6.45, 7) is 3.15. The lowest BCUT2D eigenvalue weighted by molar-refractivity contribution is 0.0949. The summed E-state index contributed by atoms with van der Waals surface area (Å²) in [5, 5.41) is 14.5. The van der Waals surface area contributed by atoms with Crippen molar-refractivity contribution in [3.05, 3.63) is 22.4 Å². The largest absolute Gasteiger partial charge is 0.392 e. The van der Waals surface area contributed by atoms with Gasteiger partial charge in [0.05, 0.1) is 6.10 Å². The number of nitrogens with one attached hydrogen (secondary N) is 4. The van der Waals surface area contributed by atoms with Gasteiger partial charge in [0.15, 0.2) is 0 Å². The summed E-state index contributed by atoms with van der Waals surface area (Å²) >= 11 is 0. The predicted molar refractivity (Wildman–Crippen MR) is 58.3 cm³/mol. The molecule has 1 amide bonds. The number of aliphatic hydroxyl groups excluding tert-OH is 1. The van der Waals surface area contributed by atoms with E-state index in [1.54, 1.807) is 6.92 Å². The Hall–Kier alpha value is -1.60. The summed E-state index contributed by atoms with van der Waals surface area (Å²) in [7, 11) is 0. The van der Waals surface area contributed by atoms with Crippen molar-refractivity contribution in [3.63, 3.8) is 0 Å². The molecule has 5 N–H and O–H groups in total. The van der Waals surface area contributed by atoms with Gasteiger partial charge in [-0.2, -0.15) is 0 Å². The first-order valence-corrected chi connectivity index (χ1v) is 5.04. The van der Waals surface area contributed by atoms with E-state index in [0.29, 0.717) is 19.6 Å². The van der Waals surface area contributed by atoms with E-state index in [0.717, 1.165) is 0 Å². The number of carbonyl (C=O) groups is 1. The van der Waals surface area contributed by atoms with Crippen molar-refractivity contribution in [1.82, 2.24) is 20.6 Å². The second-order valence-electron chi connectivity index (χ2n) is 3.47. The standard InChI is InChI=1S/C9H16N4O3/c1-6(14)4-10-2-3-11-8(15)7-5-12-9(16)13-7/h5-6,10,14H,2-4H2,1H3,(H,11,15)(H2,12,13,16). The second kappa shape index (κ2) is 6.09. The van der Waals surface area contributed by atoms with E-state index in [1.807, 2.05) is 0 Å². The molecule has 90 valence electrons. The minimum absolute atomic E-state index is 0.209. The van der Waals surface area contributed by atoms with Crippen LogP contribution < -0.4 is 16.3 Å². The lowest BCUT2D eigenvalue weighted by Crippen LogP contribution is -2.34. The summed E-state index contributed by atoms with van der Waals surface area (Å²) in [6.07, 6.45) is 0.915. The highest BCUT2D eigenvalue weighted by molar-refractivity contribution is 5.91. The third-order valence-electron chi connectivity index (χ3n) is 1.87.